The number of benzene rings is 1. The van der Waals surface area contributed by atoms with Crippen LogP contribution in [0.3, 0.4) is 0 Å². The van der Waals surface area contributed by atoms with E-state index in [1.165, 1.54) is 30.3 Å². The number of alkyl halides is 3. The van der Waals surface area contributed by atoms with Gasteiger partial charge in [-0.05, 0) is 36.9 Å². The Morgan fingerprint density at radius 2 is 1.85 bits per heavy atom. The van der Waals surface area contributed by atoms with Gasteiger partial charge in [0.1, 0.15) is 0 Å². The maximum absolute atomic E-state index is 13.6. The van der Waals surface area contributed by atoms with E-state index < -0.39 is 29.9 Å². The van der Waals surface area contributed by atoms with Gasteiger partial charge in [-0.1, -0.05) is 24.3 Å². The summed E-state index contributed by atoms with van der Waals surface area (Å²) < 4.78 is 45.2. The number of hydrogen-bond donors (Lipinski definition) is 0. The smallest absolute Gasteiger partial charge is 0.417 e. The number of carbonyl (C=O) groups is 2. The molecule has 1 unspecified atom stereocenters. The predicted octanol–water partition coefficient (Wildman–Crippen LogP) is 3.81. The maximum atomic E-state index is 13.6. The third-order valence-corrected chi connectivity index (χ3v) is 4.72. The Morgan fingerprint density at radius 3 is 2.31 bits per heavy atom. The monoisotopic (exact) mass is 387 g/mol. The lowest BCUT2D eigenvalue weighted by molar-refractivity contribution is -0.236. The van der Waals surface area contributed by atoms with Gasteiger partial charge in [-0.15, -0.1) is 0 Å². The van der Waals surface area contributed by atoms with Gasteiger partial charge in [0, 0.05) is 29.1 Å². The van der Waals surface area contributed by atoms with Gasteiger partial charge in [0.2, 0.25) is 5.54 Å². The number of methoxy groups -OCH3 is 1. The van der Waals surface area contributed by atoms with E-state index in [0.29, 0.717) is 16.2 Å². The lowest BCUT2D eigenvalue weighted by Crippen LogP contribution is -2.64. The van der Waals surface area contributed by atoms with Crippen LogP contribution in [0.5, 0.6) is 0 Å². The van der Waals surface area contributed by atoms with E-state index in [2.05, 4.69) is 11.3 Å². The first kappa shape index (κ1) is 20.2. The highest BCUT2D eigenvalue weighted by Gasteiger charge is 2.64. The van der Waals surface area contributed by atoms with Gasteiger partial charge >= 0.3 is 12.1 Å². The minimum absolute atomic E-state index is 0.0693. The van der Waals surface area contributed by atoms with Gasteiger partial charge in [0.15, 0.2) is 5.78 Å². The molecule has 1 heterocycles. The molecular formula is C18H17ClF3NO3. The third-order valence-electron chi connectivity index (χ3n) is 4.46. The lowest BCUT2D eigenvalue weighted by Gasteiger charge is -2.43. The molecule has 2 rings (SSSR count). The molecule has 1 aromatic rings. The first-order valence-electron chi connectivity index (χ1n) is 7.59. The zero-order valence-corrected chi connectivity index (χ0v) is 14.9. The van der Waals surface area contributed by atoms with Crippen molar-refractivity contribution in [3.8, 4) is 0 Å². The Bertz CT molecular complexity index is 771. The first-order chi connectivity index (χ1) is 12.0. The molecule has 140 valence electrons. The zero-order valence-electron chi connectivity index (χ0n) is 14.2. The fourth-order valence-electron chi connectivity index (χ4n) is 2.88. The Kier molecular flexibility index (Phi) is 5.63. The van der Waals surface area contributed by atoms with E-state index in [1.807, 2.05) is 0 Å². The van der Waals surface area contributed by atoms with E-state index in [1.54, 1.807) is 0 Å². The summed E-state index contributed by atoms with van der Waals surface area (Å²) in [6, 6.07) is 6.10. The highest BCUT2D eigenvalue weighted by molar-refractivity contribution is 6.30. The average Bonchev–Trinajstić information content (AvgIpc) is 2.59. The molecule has 1 aromatic carbocycles. The Balaban J connectivity index is 2.32. The second-order valence-electron chi connectivity index (χ2n) is 5.95. The summed E-state index contributed by atoms with van der Waals surface area (Å²) in [6.45, 7) is 3.44. The van der Waals surface area contributed by atoms with E-state index >= 15 is 0 Å². The molecule has 0 N–H and O–H groups in total. The number of ether oxygens (including phenoxy) is 1. The molecule has 0 fully saturated rings. The molecule has 0 bridgehead atoms. The summed E-state index contributed by atoms with van der Waals surface area (Å²) >= 11 is 5.78. The second kappa shape index (κ2) is 7.25. The number of esters is 1. The van der Waals surface area contributed by atoms with E-state index in [0.717, 1.165) is 19.1 Å². The third kappa shape index (κ3) is 3.41. The molecule has 8 heteroatoms. The van der Waals surface area contributed by atoms with Crippen molar-refractivity contribution in [3.05, 3.63) is 58.7 Å². The molecule has 0 spiro atoms. The molecule has 0 saturated carbocycles. The summed E-state index contributed by atoms with van der Waals surface area (Å²) in [5.74, 6) is -1.81. The van der Waals surface area contributed by atoms with Gasteiger partial charge in [-0.25, -0.2) is 4.79 Å². The van der Waals surface area contributed by atoms with Gasteiger partial charge in [-0.3, -0.25) is 9.69 Å². The summed E-state index contributed by atoms with van der Waals surface area (Å²) in [5, 5.41) is 0.455. The first-order valence-corrected chi connectivity index (χ1v) is 7.97. The predicted molar refractivity (Wildman–Crippen MR) is 91.1 cm³/mol. The molecule has 26 heavy (non-hydrogen) atoms. The fourth-order valence-corrected chi connectivity index (χ4v) is 3.00. The molecule has 0 saturated heterocycles. The van der Waals surface area contributed by atoms with Crippen LogP contribution in [0.1, 0.15) is 16.8 Å². The molecule has 0 aromatic heterocycles. The highest BCUT2D eigenvalue weighted by Crippen LogP contribution is 2.42. The van der Waals surface area contributed by atoms with E-state index in [9.17, 15) is 22.8 Å². The van der Waals surface area contributed by atoms with Crippen LogP contribution < -0.4 is 0 Å². The van der Waals surface area contributed by atoms with Crippen LogP contribution in [0.2, 0.25) is 5.02 Å². The fraction of sp³-hybridized carbons (Fsp3) is 0.333. The van der Waals surface area contributed by atoms with E-state index in [4.69, 9.17) is 11.6 Å². The highest BCUT2D eigenvalue weighted by atomic mass is 35.5. The minimum atomic E-state index is -4.83. The van der Waals surface area contributed by atoms with Crippen LogP contribution in [0.15, 0.2) is 48.1 Å². The van der Waals surface area contributed by atoms with Crippen molar-refractivity contribution in [1.29, 1.82) is 0 Å². The normalized spacial score (nSPS) is 21.1. The number of Topliss-reactive ketones (excluding diaryl/α,β-unsaturated/α-hetero) is 1. The summed E-state index contributed by atoms with van der Waals surface area (Å²) in [5.41, 5.74) is -2.06. The molecule has 0 radical (unpaired) electrons. The standard InChI is InChI=1S/C18H17ClF3NO3/c1-11(15(24)12-4-6-14(19)7-5-12)13-8-9-17(16(25)26-3,18(20,21)22)23(2)10-13/h4-8H,1,9-10H2,2-3H3. The van der Waals surface area contributed by atoms with Crippen molar-refractivity contribution in [1.82, 2.24) is 4.90 Å². The van der Waals surface area contributed by atoms with Gasteiger partial charge in [0.25, 0.3) is 0 Å². The number of nitrogens with zero attached hydrogens (tertiary/aromatic N) is 1. The van der Waals surface area contributed by atoms with E-state index in [-0.39, 0.29) is 12.1 Å². The second-order valence-corrected chi connectivity index (χ2v) is 6.39. The van der Waals surface area contributed by atoms with Crippen molar-refractivity contribution in [2.75, 3.05) is 20.7 Å². The van der Waals surface area contributed by atoms with Gasteiger partial charge in [-0.2, -0.15) is 13.2 Å². The van der Waals surface area contributed by atoms with Crippen LogP contribution >= 0.6 is 11.6 Å². The SMILES string of the molecule is C=C(C(=O)c1ccc(Cl)cc1)C1=CCC(C(=O)OC)(C(F)(F)F)N(C)C1. The molecule has 0 amide bonds. The number of likely N-dealkylation sites (N-methyl/N-ethyl adjacent to an activating group) is 1. The van der Waals surface area contributed by atoms with Gasteiger partial charge < -0.3 is 4.74 Å². The number of hydrogen-bond acceptors (Lipinski definition) is 4. The van der Waals surface area contributed by atoms with Crippen LogP contribution in [-0.4, -0.2) is 49.1 Å². The molecule has 1 atom stereocenters. The topological polar surface area (TPSA) is 46.6 Å². The number of rotatable bonds is 4. The number of ketones is 1. The molecule has 4 nitrogen and oxygen atoms in total. The van der Waals surface area contributed by atoms with Crippen molar-refractivity contribution in [2.24, 2.45) is 0 Å². The lowest BCUT2D eigenvalue weighted by atomic mass is 9.84. The van der Waals surface area contributed by atoms with Crippen molar-refractivity contribution in [2.45, 2.75) is 18.1 Å². The molecule has 0 aliphatic carbocycles. The quantitative estimate of drug-likeness (QED) is 0.448. The minimum Gasteiger partial charge on any atom is -0.467 e. The Labute approximate surface area is 153 Å². The van der Waals surface area contributed by atoms with Crippen molar-refractivity contribution in [3.63, 3.8) is 0 Å². The Morgan fingerprint density at radius 1 is 1.27 bits per heavy atom. The van der Waals surface area contributed by atoms with Gasteiger partial charge in [0.05, 0.1) is 7.11 Å². The van der Waals surface area contributed by atoms with Crippen molar-refractivity contribution < 1.29 is 27.5 Å². The molecular weight excluding hydrogens is 371 g/mol. The molecule has 1 aliphatic rings. The summed E-state index contributed by atoms with van der Waals surface area (Å²) in [7, 11) is 2.07. The maximum Gasteiger partial charge on any atom is 0.417 e. The zero-order chi connectivity index (χ0) is 19.7. The largest absolute Gasteiger partial charge is 0.467 e. The van der Waals surface area contributed by atoms with Crippen molar-refractivity contribution >= 4 is 23.4 Å². The van der Waals surface area contributed by atoms with Crippen LogP contribution in [-0.2, 0) is 9.53 Å². The van der Waals surface area contributed by atoms with Crippen LogP contribution in [0.25, 0.3) is 0 Å². The average molecular weight is 388 g/mol. The summed E-state index contributed by atoms with van der Waals surface area (Å²) in [6.07, 6.45) is -4.28. The van der Waals surface area contributed by atoms with Crippen LogP contribution in [0, 0.1) is 0 Å². The molecule has 1 aliphatic heterocycles. The van der Waals surface area contributed by atoms with Crippen LogP contribution in [0.4, 0.5) is 13.2 Å². The summed E-state index contributed by atoms with van der Waals surface area (Å²) in [4.78, 5) is 25.2. The number of carbonyl (C=O) groups excluding carboxylic acids is 2. The Hall–Kier alpha value is -2.12. The number of halogens is 4.